The van der Waals surface area contributed by atoms with Crippen molar-refractivity contribution in [2.24, 2.45) is 0 Å². The molecule has 1 aliphatic rings. The van der Waals surface area contributed by atoms with E-state index in [1.165, 1.54) is 5.56 Å². The van der Waals surface area contributed by atoms with E-state index in [0.29, 0.717) is 18.3 Å². The number of hydrogen-bond acceptors (Lipinski definition) is 4. The molecule has 1 aliphatic heterocycles. The molecule has 0 bridgehead atoms. The maximum Gasteiger partial charge on any atom is 0.272 e. The Labute approximate surface area is 161 Å². The van der Waals surface area contributed by atoms with Gasteiger partial charge in [0.05, 0.1) is 6.04 Å². The van der Waals surface area contributed by atoms with Gasteiger partial charge in [0.15, 0.2) is 0 Å². The molecule has 3 rings (SSSR count). The summed E-state index contributed by atoms with van der Waals surface area (Å²) in [6.07, 6.45) is 4.17. The summed E-state index contributed by atoms with van der Waals surface area (Å²) in [4.78, 5) is 14.9. The first-order valence-electron chi connectivity index (χ1n) is 10.0. The number of rotatable bonds is 8. The van der Waals surface area contributed by atoms with Crippen molar-refractivity contribution in [3.05, 3.63) is 53.3 Å². The van der Waals surface area contributed by atoms with Crippen LogP contribution in [0.4, 0.5) is 0 Å². The van der Waals surface area contributed by atoms with E-state index in [-0.39, 0.29) is 5.91 Å². The number of nitrogens with zero attached hydrogens (tertiary/aromatic N) is 3. The van der Waals surface area contributed by atoms with E-state index in [4.69, 9.17) is 0 Å². The average Bonchev–Trinajstić information content (AvgIpc) is 3.22. The van der Waals surface area contributed by atoms with Crippen LogP contribution in [0.1, 0.15) is 54.3 Å². The Bertz CT molecular complexity index is 732. The number of amides is 1. The van der Waals surface area contributed by atoms with Crippen LogP contribution < -0.4 is 10.6 Å². The molecule has 2 aromatic rings. The molecule has 1 fully saturated rings. The predicted molar refractivity (Wildman–Crippen MR) is 108 cm³/mol. The Morgan fingerprint density at radius 1 is 1.26 bits per heavy atom. The van der Waals surface area contributed by atoms with Crippen LogP contribution >= 0.6 is 0 Å². The van der Waals surface area contributed by atoms with Crippen molar-refractivity contribution in [3.63, 3.8) is 0 Å². The van der Waals surface area contributed by atoms with Crippen LogP contribution in [0.2, 0.25) is 0 Å². The lowest BCUT2D eigenvalue weighted by Gasteiger charge is -2.22. The maximum atomic E-state index is 12.5. The number of carbonyl (C=O) groups excluding carboxylic acids is 1. The standard InChI is InChI=1S/C21H31N5O/c1-3-25(4-2)16-18-9-6-5-8-17(18)14-23-21(27)20-11-13-26(24-20)19-10-7-12-22-15-19/h5-6,8-9,11,13,19,22H,3-4,7,10,12,14-16H2,1-2H3,(H,23,27). The van der Waals surface area contributed by atoms with Gasteiger partial charge in [0.1, 0.15) is 5.69 Å². The molecule has 6 heteroatoms. The van der Waals surface area contributed by atoms with Crippen molar-refractivity contribution in [2.75, 3.05) is 26.2 Å². The van der Waals surface area contributed by atoms with Crippen molar-refractivity contribution in [3.8, 4) is 0 Å². The first-order chi connectivity index (χ1) is 13.2. The van der Waals surface area contributed by atoms with E-state index >= 15 is 0 Å². The normalized spacial score (nSPS) is 17.2. The van der Waals surface area contributed by atoms with Gasteiger partial charge in [-0.2, -0.15) is 5.10 Å². The Kier molecular flexibility index (Phi) is 7.01. The van der Waals surface area contributed by atoms with Crippen LogP contribution in [-0.2, 0) is 13.1 Å². The molecule has 1 unspecified atom stereocenters. The largest absolute Gasteiger partial charge is 0.347 e. The molecule has 0 saturated carbocycles. The average molecular weight is 370 g/mol. The zero-order valence-electron chi connectivity index (χ0n) is 16.4. The summed E-state index contributed by atoms with van der Waals surface area (Å²) >= 11 is 0. The van der Waals surface area contributed by atoms with Crippen LogP contribution in [0.5, 0.6) is 0 Å². The second kappa shape index (κ2) is 9.67. The summed E-state index contributed by atoms with van der Waals surface area (Å²) in [5.41, 5.74) is 2.91. The molecule has 0 spiro atoms. The first kappa shape index (κ1) is 19.6. The van der Waals surface area contributed by atoms with E-state index in [0.717, 1.165) is 51.1 Å². The van der Waals surface area contributed by atoms with Gasteiger partial charge in [-0.25, -0.2) is 0 Å². The van der Waals surface area contributed by atoms with E-state index in [1.54, 1.807) is 0 Å². The monoisotopic (exact) mass is 369 g/mol. The first-order valence-corrected chi connectivity index (χ1v) is 10.0. The molecular weight excluding hydrogens is 338 g/mol. The maximum absolute atomic E-state index is 12.5. The van der Waals surface area contributed by atoms with E-state index < -0.39 is 0 Å². The van der Waals surface area contributed by atoms with Crippen LogP contribution in [0.25, 0.3) is 0 Å². The second-order valence-electron chi connectivity index (χ2n) is 7.09. The Balaban J connectivity index is 1.60. The van der Waals surface area contributed by atoms with Gasteiger partial charge < -0.3 is 10.6 Å². The summed E-state index contributed by atoms with van der Waals surface area (Å²) in [6.45, 7) is 9.79. The quantitative estimate of drug-likeness (QED) is 0.751. The zero-order valence-corrected chi connectivity index (χ0v) is 16.4. The zero-order chi connectivity index (χ0) is 19.1. The number of aromatic nitrogens is 2. The summed E-state index contributed by atoms with van der Waals surface area (Å²) in [5.74, 6) is -0.116. The van der Waals surface area contributed by atoms with Gasteiger partial charge >= 0.3 is 0 Å². The highest BCUT2D eigenvalue weighted by Gasteiger charge is 2.18. The minimum absolute atomic E-state index is 0.116. The third-order valence-corrected chi connectivity index (χ3v) is 5.33. The Hall–Kier alpha value is -2.18. The lowest BCUT2D eigenvalue weighted by molar-refractivity contribution is 0.0944. The fourth-order valence-corrected chi connectivity index (χ4v) is 3.56. The molecule has 146 valence electrons. The van der Waals surface area contributed by atoms with Gasteiger partial charge in [-0.3, -0.25) is 14.4 Å². The van der Waals surface area contributed by atoms with Crippen LogP contribution in [0, 0.1) is 0 Å². The van der Waals surface area contributed by atoms with Gasteiger partial charge in [-0.1, -0.05) is 38.1 Å². The van der Waals surface area contributed by atoms with Crippen LogP contribution in [0.15, 0.2) is 36.5 Å². The van der Waals surface area contributed by atoms with Crippen molar-refractivity contribution in [1.29, 1.82) is 0 Å². The highest BCUT2D eigenvalue weighted by atomic mass is 16.1. The fraction of sp³-hybridized carbons (Fsp3) is 0.524. The molecule has 6 nitrogen and oxygen atoms in total. The summed E-state index contributed by atoms with van der Waals surface area (Å²) in [6, 6.07) is 10.5. The number of benzene rings is 1. The molecular formula is C21H31N5O. The van der Waals surface area contributed by atoms with Crippen LogP contribution in [-0.4, -0.2) is 46.8 Å². The molecule has 1 amide bonds. The van der Waals surface area contributed by atoms with Crippen LogP contribution in [0.3, 0.4) is 0 Å². The van der Waals surface area contributed by atoms with Crippen molar-refractivity contribution in [2.45, 2.75) is 45.8 Å². The molecule has 27 heavy (non-hydrogen) atoms. The minimum Gasteiger partial charge on any atom is -0.347 e. The number of carbonyl (C=O) groups is 1. The van der Waals surface area contributed by atoms with Gasteiger partial charge in [-0.05, 0) is 49.7 Å². The number of hydrogen-bond donors (Lipinski definition) is 2. The smallest absolute Gasteiger partial charge is 0.272 e. The van der Waals surface area contributed by atoms with Crippen molar-refractivity contribution >= 4 is 5.91 Å². The lowest BCUT2D eigenvalue weighted by Crippen LogP contribution is -2.32. The van der Waals surface area contributed by atoms with E-state index in [2.05, 4.69) is 52.7 Å². The van der Waals surface area contributed by atoms with Gasteiger partial charge in [-0.15, -0.1) is 0 Å². The van der Waals surface area contributed by atoms with E-state index in [1.807, 2.05) is 23.0 Å². The molecule has 1 aromatic heterocycles. The molecule has 1 atom stereocenters. The molecule has 1 aromatic carbocycles. The molecule has 0 radical (unpaired) electrons. The number of nitrogens with one attached hydrogen (secondary N) is 2. The topological polar surface area (TPSA) is 62.2 Å². The Morgan fingerprint density at radius 3 is 2.74 bits per heavy atom. The second-order valence-corrected chi connectivity index (χ2v) is 7.09. The van der Waals surface area contributed by atoms with Crippen molar-refractivity contribution in [1.82, 2.24) is 25.3 Å². The Morgan fingerprint density at radius 2 is 2.04 bits per heavy atom. The predicted octanol–water partition coefficient (Wildman–Crippen LogP) is 2.58. The lowest BCUT2D eigenvalue weighted by atomic mass is 10.1. The van der Waals surface area contributed by atoms with Gasteiger partial charge in [0.2, 0.25) is 0 Å². The molecule has 2 heterocycles. The van der Waals surface area contributed by atoms with Gasteiger partial charge in [0, 0.05) is 25.8 Å². The third kappa shape index (κ3) is 5.17. The number of piperidine rings is 1. The molecule has 1 saturated heterocycles. The summed E-state index contributed by atoms with van der Waals surface area (Å²) < 4.78 is 1.93. The molecule has 0 aliphatic carbocycles. The highest BCUT2D eigenvalue weighted by molar-refractivity contribution is 5.92. The van der Waals surface area contributed by atoms with E-state index in [9.17, 15) is 4.79 Å². The highest BCUT2D eigenvalue weighted by Crippen LogP contribution is 2.16. The van der Waals surface area contributed by atoms with Crippen molar-refractivity contribution < 1.29 is 4.79 Å². The summed E-state index contributed by atoms with van der Waals surface area (Å²) in [7, 11) is 0. The minimum atomic E-state index is -0.116. The summed E-state index contributed by atoms with van der Waals surface area (Å²) in [5, 5.41) is 10.9. The SMILES string of the molecule is CCN(CC)Cc1ccccc1CNC(=O)c1ccn(C2CCCNC2)n1. The fourth-order valence-electron chi connectivity index (χ4n) is 3.56. The third-order valence-electron chi connectivity index (χ3n) is 5.33. The molecule has 2 N–H and O–H groups in total. The van der Waals surface area contributed by atoms with Gasteiger partial charge in [0.25, 0.3) is 5.91 Å².